The topological polar surface area (TPSA) is 48.5 Å². The molecule has 32 heavy (non-hydrogen) atoms. The highest BCUT2D eigenvalue weighted by Crippen LogP contribution is 2.24. The molecule has 1 aromatic heterocycles. The van der Waals surface area contributed by atoms with Crippen LogP contribution >= 0.6 is 11.3 Å². The van der Waals surface area contributed by atoms with E-state index in [1.165, 1.54) is 0 Å². The third kappa shape index (κ3) is 4.88. The number of piperazine rings is 1. The van der Waals surface area contributed by atoms with E-state index >= 15 is 0 Å². The first-order valence-corrected chi connectivity index (χ1v) is 11.8. The van der Waals surface area contributed by atoms with Crippen molar-refractivity contribution < 1.29 is 4.79 Å². The van der Waals surface area contributed by atoms with Gasteiger partial charge in [0.15, 0.2) is 0 Å². The molecule has 4 aromatic rings. The number of aromatic nitrogens is 1. The lowest BCUT2D eigenvalue weighted by molar-refractivity contribution is -0.117. The number of carbonyl (C=O) groups excluding carboxylic acids is 1. The molecule has 1 N–H and O–H groups in total. The minimum Gasteiger partial charge on any atom is -0.324 e. The van der Waals surface area contributed by atoms with Crippen LogP contribution < -0.4 is 5.32 Å². The number of nitrogens with one attached hydrogen (secondary N) is 1. The first-order valence-electron chi connectivity index (χ1n) is 11.0. The molecule has 0 radical (unpaired) electrons. The van der Waals surface area contributed by atoms with E-state index in [1.807, 2.05) is 48.5 Å². The van der Waals surface area contributed by atoms with Crippen molar-refractivity contribution in [3.05, 3.63) is 83.2 Å². The molecule has 0 aliphatic carbocycles. The zero-order valence-corrected chi connectivity index (χ0v) is 18.7. The Morgan fingerprint density at radius 3 is 2.44 bits per heavy atom. The minimum absolute atomic E-state index is 0.0437. The molecule has 0 atom stereocenters. The number of nitrogens with zero attached hydrogens (tertiary/aromatic N) is 3. The summed E-state index contributed by atoms with van der Waals surface area (Å²) in [5.74, 6) is 0.0437. The van der Waals surface area contributed by atoms with Crippen LogP contribution in [0.15, 0.2) is 78.2 Å². The van der Waals surface area contributed by atoms with Gasteiger partial charge in [0.25, 0.3) is 0 Å². The molecule has 0 bridgehead atoms. The fourth-order valence-corrected chi connectivity index (χ4v) is 4.99. The molecular weight excluding hydrogens is 416 g/mol. The van der Waals surface area contributed by atoms with Gasteiger partial charge in [-0.15, -0.1) is 11.3 Å². The number of anilines is 1. The largest absolute Gasteiger partial charge is 0.324 e. The summed E-state index contributed by atoms with van der Waals surface area (Å²) in [6, 6.07) is 24.5. The maximum absolute atomic E-state index is 12.7. The lowest BCUT2D eigenvalue weighted by Crippen LogP contribution is -2.48. The van der Waals surface area contributed by atoms with Crippen LogP contribution in [0.4, 0.5) is 5.69 Å². The van der Waals surface area contributed by atoms with Crippen molar-refractivity contribution in [2.24, 2.45) is 0 Å². The summed E-state index contributed by atoms with van der Waals surface area (Å²) in [4.78, 5) is 22.1. The zero-order chi connectivity index (χ0) is 21.8. The Kier molecular flexibility index (Phi) is 6.25. The lowest BCUT2D eigenvalue weighted by atomic mass is 10.1. The van der Waals surface area contributed by atoms with Gasteiger partial charge in [-0.3, -0.25) is 14.6 Å². The zero-order valence-electron chi connectivity index (χ0n) is 17.9. The number of hydrogen-bond donors (Lipinski definition) is 1. The average Bonchev–Trinajstić information content (AvgIpc) is 3.30. The predicted octanol–water partition coefficient (Wildman–Crippen LogP) is 4.72. The molecule has 1 aliphatic rings. The van der Waals surface area contributed by atoms with E-state index in [4.69, 9.17) is 4.98 Å². The van der Waals surface area contributed by atoms with Gasteiger partial charge in [0.05, 0.1) is 18.8 Å². The highest BCUT2D eigenvalue weighted by Gasteiger charge is 2.20. The number of benzene rings is 3. The van der Waals surface area contributed by atoms with Crippen LogP contribution in [0.1, 0.15) is 5.01 Å². The number of rotatable bonds is 6. The van der Waals surface area contributed by atoms with Crippen molar-refractivity contribution in [1.82, 2.24) is 14.8 Å². The van der Waals surface area contributed by atoms with Crippen LogP contribution in [-0.2, 0) is 11.3 Å². The first-order chi connectivity index (χ1) is 15.7. The maximum Gasteiger partial charge on any atom is 0.238 e. The highest BCUT2D eigenvalue weighted by molar-refractivity contribution is 7.09. The van der Waals surface area contributed by atoms with Crippen molar-refractivity contribution in [2.75, 3.05) is 38.0 Å². The monoisotopic (exact) mass is 442 g/mol. The summed E-state index contributed by atoms with van der Waals surface area (Å²) >= 11 is 1.72. The summed E-state index contributed by atoms with van der Waals surface area (Å²) in [7, 11) is 0. The first kappa shape index (κ1) is 20.8. The Balaban J connectivity index is 1.12. The van der Waals surface area contributed by atoms with E-state index in [-0.39, 0.29) is 5.91 Å². The third-order valence-corrected chi connectivity index (χ3v) is 6.71. The van der Waals surface area contributed by atoms with Gasteiger partial charge in [-0.05, 0) is 11.5 Å². The fraction of sp³-hybridized carbons (Fsp3) is 0.231. The van der Waals surface area contributed by atoms with E-state index in [0.29, 0.717) is 6.54 Å². The van der Waals surface area contributed by atoms with Gasteiger partial charge in [-0.1, -0.05) is 66.7 Å². The molecule has 0 unspecified atom stereocenters. The molecule has 5 rings (SSSR count). The van der Waals surface area contributed by atoms with E-state index in [9.17, 15) is 4.79 Å². The molecule has 1 aliphatic heterocycles. The van der Waals surface area contributed by atoms with Crippen molar-refractivity contribution in [3.63, 3.8) is 0 Å². The number of amides is 1. The molecular formula is C26H26N4OS. The molecule has 162 valence electrons. The number of carbonyl (C=O) groups is 1. The smallest absolute Gasteiger partial charge is 0.238 e. The second-order valence-electron chi connectivity index (χ2n) is 8.12. The SMILES string of the molecule is O=C(CN1CCN(Cc2nc(-c3ccccc3)cs2)CC1)Nc1cccc2ccccc12. The second-order valence-corrected chi connectivity index (χ2v) is 9.06. The molecule has 0 saturated carbocycles. The van der Waals surface area contributed by atoms with E-state index in [0.717, 1.165) is 65.4 Å². The summed E-state index contributed by atoms with van der Waals surface area (Å²) in [5, 5.41) is 8.59. The molecule has 6 heteroatoms. The maximum atomic E-state index is 12.7. The molecule has 5 nitrogen and oxygen atoms in total. The normalized spacial score (nSPS) is 15.1. The van der Waals surface area contributed by atoms with Crippen LogP contribution in [0, 0.1) is 0 Å². The Morgan fingerprint density at radius 1 is 0.875 bits per heavy atom. The van der Waals surface area contributed by atoms with E-state index in [2.05, 4.69) is 44.8 Å². The van der Waals surface area contributed by atoms with Gasteiger partial charge in [0, 0.05) is 48.2 Å². The van der Waals surface area contributed by atoms with Gasteiger partial charge in [-0.25, -0.2) is 4.98 Å². The van der Waals surface area contributed by atoms with Crippen LogP contribution in [0.2, 0.25) is 0 Å². The summed E-state index contributed by atoms with van der Waals surface area (Å²) < 4.78 is 0. The fourth-order valence-electron chi connectivity index (χ4n) is 4.15. The van der Waals surface area contributed by atoms with E-state index < -0.39 is 0 Å². The quantitative estimate of drug-likeness (QED) is 0.469. The number of fused-ring (bicyclic) bond motifs is 1. The second kappa shape index (κ2) is 9.61. The van der Waals surface area contributed by atoms with Gasteiger partial charge in [-0.2, -0.15) is 0 Å². The Bertz CT molecular complexity index is 1190. The van der Waals surface area contributed by atoms with Gasteiger partial charge >= 0.3 is 0 Å². The average molecular weight is 443 g/mol. The number of hydrogen-bond acceptors (Lipinski definition) is 5. The highest BCUT2D eigenvalue weighted by atomic mass is 32.1. The molecule has 0 spiro atoms. The van der Waals surface area contributed by atoms with Crippen LogP contribution in [0.5, 0.6) is 0 Å². The lowest BCUT2D eigenvalue weighted by Gasteiger charge is -2.33. The minimum atomic E-state index is 0.0437. The Hall–Kier alpha value is -3.06. The standard InChI is InChI=1S/C26H26N4OS/c31-25(27-23-12-6-10-20-7-4-5-11-22(20)23)17-29-13-15-30(16-14-29)18-26-28-24(19-32-26)21-8-2-1-3-9-21/h1-12,19H,13-18H2,(H,27,31). The molecule has 3 aromatic carbocycles. The summed E-state index contributed by atoms with van der Waals surface area (Å²) in [5.41, 5.74) is 3.09. The van der Waals surface area contributed by atoms with Gasteiger partial charge in [0.1, 0.15) is 5.01 Å². The number of thiazole rings is 1. The van der Waals surface area contributed by atoms with E-state index in [1.54, 1.807) is 11.3 Å². The van der Waals surface area contributed by atoms with Crippen molar-refractivity contribution in [3.8, 4) is 11.3 Å². The predicted molar refractivity (Wildman–Crippen MR) is 132 cm³/mol. The molecule has 1 fully saturated rings. The summed E-state index contributed by atoms with van der Waals surface area (Å²) in [6.45, 7) is 4.96. The van der Waals surface area contributed by atoms with Crippen LogP contribution in [0.3, 0.4) is 0 Å². The Morgan fingerprint density at radius 2 is 1.59 bits per heavy atom. The molecule has 1 saturated heterocycles. The van der Waals surface area contributed by atoms with Crippen LogP contribution in [0.25, 0.3) is 22.0 Å². The van der Waals surface area contributed by atoms with Crippen molar-refractivity contribution >= 4 is 33.7 Å². The third-order valence-electron chi connectivity index (χ3n) is 5.88. The Labute approximate surface area is 192 Å². The van der Waals surface area contributed by atoms with Crippen molar-refractivity contribution in [1.29, 1.82) is 0 Å². The van der Waals surface area contributed by atoms with Crippen LogP contribution in [-0.4, -0.2) is 53.4 Å². The summed E-state index contributed by atoms with van der Waals surface area (Å²) in [6.07, 6.45) is 0. The molecule has 1 amide bonds. The molecule has 2 heterocycles. The van der Waals surface area contributed by atoms with Gasteiger partial charge in [0.2, 0.25) is 5.91 Å². The van der Waals surface area contributed by atoms with Gasteiger partial charge < -0.3 is 5.32 Å². The van der Waals surface area contributed by atoms with Crippen molar-refractivity contribution in [2.45, 2.75) is 6.54 Å².